The van der Waals surface area contributed by atoms with Gasteiger partial charge in [-0.3, -0.25) is 9.59 Å². The summed E-state index contributed by atoms with van der Waals surface area (Å²) in [6.45, 7) is 3.96. The molecule has 0 bridgehead atoms. The zero-order valence-electron chi connectivity index (χ0n) is 8.01. The summed E-state index contributed by atoms with van der Waals surface area (Å²) in [5.41, 5.74) is 0. The van der Waals surface area contributed by atoms with E-state index in [1.54, 1.807) is 13.8 Å². The minimum Gasteiger partial charge on any atom is -0.466 e. The molecule has 0 aliphatic rings. The first-order valence-corrected chi connectivity index (χ1v) is 4.80. The second-order valence-electron chi connectivity index (χ2n) is 2.90. The molecule has 4 heteroatoms. The van der Waals surface area contributed by atoms with Crippen molar-refractivity contribution in [2.45, 2.75) is 33.1 Å². The lowest BCUT2D eigenvalue weighted by Gasteiger charge is -2.08. The SMILES string of the molecule is CCOC(=O)C(C)CCCC(=O)Cl. The molecule has 3 nitrogen and oxygen atoms in total. The molecule has 0 N–H and O–H groups in total. The van der Waals surface area contributed by atoms with Crippen LogP contribution in [-0.4, -0.2) is 17.8 Å². The largest absolute Gasteiger partial charge is 0.466 e. The number of rotatable bonds is 6. The van der Waals surface area contributed by atoms with Crippen molar-refractivity contribution >= 4 is 22.8 Å². The highest BCUT2D eigenvalue weighted by Crippen LogP contribution is 2.10. The van der Waals surface area contributed by atoms with Gasteiger partial charge in [0.2, 0.25) is 5.24 Å². The first-order chi connectivity index (χ1) is 6.07. The van der Waals surface area contributed by atoms with Gasteiger partial charge < -0.3 is 4.74 Å². The number of hydrogen-bond acceptors (Lipinski definition) is 3. The Morgan fingerprint density at radius 1 is 1.46 bits per heavy atom. The fourth-order valence-corrected chi connectivity index (χ4v) is 1.08. The topological polar surface area (TPSA) is 43.4 Å². The highest BCUT2D eigenvalue weighted by atomic mass is 35.5. The molecule has 0 aliphatic carbocycles. The number of carbonyl (C=O) groups excluding carboxylic acids is 2. The summed E-state index contributed by atoms with van der Waals surface area (Å²) in [6.07, 6.45) is 1.62. The van der Waals surface area contributed by atoms with Crippen LogP contribution in [0.2, 0.25) is 0 Å². The predicted molar refractivity (Wildman–Crippen MR) is 50.5 cm³/mol. The first-order valence-electron chi connectivity index (χ1n) is 4.42. The predicted octanol–water partition coefficient (Wildman–Crippen LogP) is 2.12. The van der Waals surface area contributed by atoms with E-state index in [1.165, 1.54) is 0 Å². The van der Waals surface area contributed by atoms with Gasteiger partial charge in [-0.2, -0.15) is 0 Å². The molecule has 0 aromatic carbocycles. The molecule has 0 fully saturated rings. The fraction of sp³-hybridized carbons (Fsp3) is 0.778. The number of halogens is 1. The van der Waals surface area contributed by atoms with Crippen LogP contribution in [0.3, 0.4) is 0 Å². The van der Waals surface area contributed by atoms with Gasteiger partial charge in [-0.15, -0.1) is 0 Å². The Labute approximate surface area is 83.4 Å². The Bertz CT molecular complexity index is 180. The Balaban J connectivity index is 3.55. The molecule has 0 saturated carbocycles. The van der Waals surface area contributed by atoms with Crippen molar-refractivity contribution in [3.05, 3.63) is 0 Å². The smallest absolute Gasteiger partial charge is 0.308 e. The van der Waals surface area contributed by atoms with Crippen LogP contribution >= 0.6 is 11.6 Å². The molecule has 0 radical (unpaired) electrons. The molecule has 0 spiro atoms. The van der Waals surface area contributed by atoms with Crippen LogP contribution < -0.4 is 0 Å². The van der Waals surface area contributed by atoms with Gasteiger partial charge in [0.15, 0.2) is 0 Å². The van der Waals surface area contributed by atoms with Crippen LogP contribution in [0.4, 0.5) is 0 Å². The summed E-state index contributed by atoms with van der Waals surface area (Å²) in [5.74, 6) is -0.347. The van der Waals surface area contributed by atoms with Crippen molar-refractivity contribution in [3.63, 3.8) is 0 Å². The molecular formula is C9H15ClO3. The molecule has 0 amide bonds. The summed E-state index contributed by atoms with van der Waals surface area (Å²) < 4.78 is 4.80. The highest BCUT2D eigenvalue weighted by Gasteiger charge is 2.13. The van der Waals surface area contributed by atoms with E-state index in [2.05, 4.69) is 0 Å². The maximum absolute atomic E-state index is 11.1. The van der Waals surface area contributed by atoms with E-state index in [-0.39, 0.29) is 17.1 Å². The second-order valence-corrected chi connectivity index (χ2v) is 3.32. The molecule has 13 heavy (non-hydrogen) atoms. The van der Waals surface area contributed by atoms with Gasteiger partial charge >= 0.3 is 5.97 Å². The van der Waals surface area contributed by atoms with Crippen LogP contribution in [0, 0.1) is 5.92 Å². The zero-order chi connectivity index (χ0) is 10.3. The first kappa shape index (κ1) is 12.4. The van der Waals surface area contributed by atoms with Crippen molar-refractivity contribution < 1.29 is 14.3 Å². The van der Waals surface area contributed by atoms with Crippen LogP contribution in [-0.2, 0) is 14.3 Å². The second kappa shape index (κ2) is 6.89. The fourth-order valence-electron chi connectivity index (χ4n) is 0.950. The molecule has 0 aromatic heterocycles. The highest BCUT2D eigenvalue weighted by molar-refractivity contribution is 6.63. The van der Waals surface area contributed by atoms with E-state index in [9.17, 15) is 9.59 Å². The van der Waals surface area contributed by atoms with Crippen molar-refractivity contribution in [1.29, 1.82) is 0 Å². The van der Waals surface area contributed by atoms with Gasteiger partial charge in [-0.25, -0.2) is 0 Å². The van der Waals surface area contributed by atoms with Crippen LogP contribution in [0.5, 0.6) is 0 Å². The third-order valence-electron chi connectivity index (χ3n) is 1.70. The van der Waals surface area contributed by atoms with Gasteiger partial charge in [-0.05, 0) is 31.4 Å². The summed E-state index contributed by atoms with van der Waals surface area (Å²) in [5, 5.41) is -0.351. The third kappa shape index (κ3) is 6.58. The Hall–Kier alpha value is -0.570. The van der Waals surface area contributed by atoms with Crippen LogP contribution in [0.15, 0.2) is 0 Å². The molecule has 76 valence electrons. The van der Waals surface area contributed by atoms with E-state index in [0.29, 0.717) is 25.9 Å². The van der Waals surface area contributed by atoms with Gasteiger partial charge in [0, 0.05) is 6.42 Å². The minimum atomic E-state index is -0.351. The molecule has 1 unspecified atom stereocenters. The summed E-state index contributed by atoms with van der Waals surface area (Å²) in [7, 11) is 0. The van der Waals surface area contributed by atoms with Crippen LogP contribution in [0.1, 0.15) is 33.1 Å². The van der Waals surface area contributed by atoms with Crippen molar-refractivity contribution in [3.8, 4) is 0 Å². The average molecular weight is 207 g/mol. The molecular weight excluding hydrogens is 192 g/mol. The zero-order valence-corrected chi connectivity index (χ0v) is 8.76. The Kier molecular flexibility index (Phi) is 6.59. The number of esters is 1. The molecule has 0 saturated heterocycles. The third-order valence-corrected chi connectivity index (χ3v) is 1.89. The molecule has 0 rings (SSSR count). The quantitative estimate of drug-likeness (QED) is 0.494. The average Bonchev–Trinajstić information content (AvgIpc) is 2.04. The van der Waals surface area contributed by atoms with Crippen molar-refractivity contribution in [2.75, 3.05) is 6.61 Å². The number of carbonyl (C=O) groups is 2. The lowest BCUT2D eigenvalue weighted by molar-refractivity contribution is -0.147. The molecule has 1 atom stereocenters. The minimum absolute atomic E-state index is 0.143. The number of hydrogen-bond donors (Lipinski definition) is 0. The standard InChI is InChI=1S/C9H15ClO3/c1-3-13-9(12)7(2)5-4-6-8(10)11/h7H,3-6H2,1-2H3. The molecule has 0 aromatic rings. The summed E-state index contributed by atoms with van der Waals surface area (Å²) in [6, 6.07) is 0. The van der Waals surface area contributed by atoms with Crippen molar-refractivity contribution in [2.24, 2.45) is 5.92 Å². The van der Waals surface area contributed by atoms with Gasteiger partial charge in [-0.1, -0.05) is 6.92 Å². The van der Waals surface area contributed by atoms with Gasteiger partial charge in [0.1, 0.15) is 0 Å². The Morgan fingerprint density at radius 3 is 2.54 bits per heavy atom. The van der Waals surface area contributed by atoms with Crippen LogP contribution in [0.25, 0.3) is 0 Å². The summed E-state index contributed by atoms with van der Waals surface area (Å²) in [4.78, 5) is 21.4. The monoisotopic (exact) mass is 206 g/mol. The molecule has 0 heterocycles. The van der Waals surface area contributed by atoms with E-state index in [4.69, 9.17) is 16.3 Å². The summed E-state index contributed by atoms with van der Waals surface area (Å²) >= 11 is 5.15. The number of ether oxygens (including phenoxy) is 1. The van der Waals surface area contributed by atoms with E-state index >= 15 is 0 Å². The van der Waals surface area contributed by atoms with Crippen molar-refractivity contribution in [1.82, 2.24) is 0 Å². The lowest BCUT2D eigenvalue weighted by Crippen LogP contribution is -2.14. The maximum Gasteiger partial charge on any atom is 0.308 e. The lowest BCUT2D eigenvalue weighted by atomic mass is 10.1. The van der Waals surface area contributed by atoms with E-state index < -0.39 is 0 Å². The van der Waals surface area contributed by atoms with E-state index in [0.717, 1.165) is 0 Å². The van der Waals surface area contributed by atoms with Gasteiger partial charge in [0.05, 0.1) is 12.5 Å². The Morgan fingerprint density at radius 2 is 2.08 bits per heavy atom. The van der Waals surface area contributed by atoms with Gasteiger partial charge in [0.25, 0.3) is 0 Å². The van der Waals surface area contributed by atoms with E-state index in [1.807, 2.05) is 0 Å². The normalized spacial score (nSPS) is 12.2. The maximum atomic E-state index is 11.1. The molecule has 0 aliphatic heterocycles.